The molecule has 112 valence electrons. The van der Waals surface area contributed by atoms with E-state index in [1.54, 1.807) is 0 Å². The van der Waals surface area contributed by atoms with Crippen LogP contribution in [0.1, 0.15) is 51.6 Å². The highest BCUT2D eigenvalue weighted by molar-refractivity contribution is 6.35. The van der Waals surface area contributed by atoms with Crippen LogP contribution in [0, 0.1) is 6.92 Å². The van der Waals surface area contributed by atoms with Crippen molar-refractivity contribution in [2.45, 2.75) is 26.7 Å². The van der Waals surface area contributed by atoms with E-state index in [1.807, 2.05) is 39.0 Å². The van der Waals surface area contributed by atoms with Crippen molar-refractivity contribution >= 4 is 17.5 Å². The molecular formula is C18H17NO3. The molecule has 22 heavy (non-hydrogen) atoms. The molecule has 0 bridgehead atoms. The molecule has 3 rings (SSSR count). The highest BCUT2D eigenvalue weighted by Gasteiger charge is 2.38. The molecule has 0 saturated heterocycles. The molecule has 0 radical (unpaired) electrons. The largest absolute Gasteiger partial charge is 0.508 e. The van der Waals surface area contributed by atoms with Crippen LogP contribution < -0.4 is 4.90 Å². The maximum absolute atomic E-state index is 12.7. The first-order valence-electron chi connectivity index (χ1n) is 7.23. The molecule has 0 aliphatic carbocycles. The molecule has 2 aromatic rings. The summed E-state index contributed by atoms with van der Waals surface area (Å²) < 4.78 is 0. The Hall–Kier alpha value is -2.62. The van der Waals surface area contributed by atoms with Gasteiger partial charge in [0, 0.05) is 0 Å². The summed E-state index contributed by atoms with van der Waals surface area (Å²) >= 11 is 0. The summed E-state index contributed by atoms with van der Waals surface area (Å²) in [7, 11) is 0. The Morgan fingerprint density at radius 1 is 1.00 bits per heavy atom. The molecule has 0 aromatic heterocycles. The maximum atomic E-state index is 12.7. The van der Waals surface area contributed by atoms with Gasteiger partial charge in [0.15, 0.2) is 0 Å². The van der Waals surface area contributed by atoms with E-state index in [0.717, 1.165) is 11.1 Å². The molecule has 2 aromatic carbocycles. The highest BCUT2D eigenvalue weighted by atomic mass is 16.3. The zero-order valence-corrected chi connectivity index (χ0v) is 12.8. The molecule has 1 aliphatic rings. The first-order chi connectivity index (χ1) is 10.4. The lowest BCUT2D eigenvalue weighted by Crippen LogP contribution is -2.31. The number of aromatic hydroxyl groups is 1. The summed E-state index contributed by atoms with van der Waals surface area (Å²) in [6.45, 7) is 5.95. The lowest BCUT2D eigenvalue weighted by Gasteiger charge is -2.22. The number of benzene rings is 2. The van der Waals surface area contributed by atoms with E-state index in [4.69, 9.17) is 0 Å². The number of phenols is 1. The predicted molar refractivity (Wildman–Crippen MR) is 84.5 cm³/mol. The molecular weight excluding hydrogens is 278 g/mol. The van der Waals surface area contributed by atoms with Crippen molar-refractivity contribution in [3.8, 4) is 5.75 Å². The van der Waals surface area contributed by atoms with Crippen LogP contribution in [0.3, 0.4) is 0 Å². The molecule has 0 fully saturated rings. The van der Waals surface area contributed by atoms with Crippen molar-refractivity contribution < 1.29 is 14.7 Å². The van der Waals surface area contributed by atoms with Crippen molar-refractivity contribution in [3.63, 3.8) is 0 Å². The van der Waals surface area contributed by atoms with Crippen LogP contribution in [0.5, 0.6) is 5.75 Å². The van der Waals surface area contributed by atoms with Gasteiger partial charge < -0.3 is 5.11 Å². The lowest BCUT2D eigenvalue weighted by atomic mass is 9.97. The summed E-state index contributed by atoms with van der Waals surface area (Å²) in [6, 6.07) is 10.0. The third-order valence-corrected chi connectivity index (χ3v) is 3.98. The average molecular weight is 295 g/mol. The number of imide groups is 1. The van der Waals surface area contributed by atoms with Gasteiger partial charge in [0.25, 0.3) is 11.8 Å². The van der Waals surface area contributed by atoms with E-state index in [-0.39, 0.29) is 29.0 Å². The van der Waals surface area contributed by atoms with Crippen molar-refractivity contribution in [1.82, 2.24) is 0 Å². The minimum absolute atomic E-state index is 0.0179. The van der Waals surface area contributed by atoms with Crippen LogP contribution in [-0.2, 0) is 0 Å². The van der Waals surface area contributed by atoms with Crippen LogP contribution in [0.15, 0.2) is 36.4 Å². The zero-order chi connectivity index (χ0) is 16.0. The number of carbonyl (C=O) groups excluding carboxylic acids is 2. The lowest BCUT2D eigenvalue weighted by molar-refractivity contribution is 0.0925. The molecule has 0 saturated carbocycles. The number of nitrogens with zero attached hydrogens (tertiary/aromatic N) is 1. The van der Waals surface area contributed by atoms with E-state index in [9.17, 15) is 14.7 Å². The monoisotopic (exact) mass is 295 g/mol. The van der Waals surface area contributed by atoms with Gasteiger partial charge in [-0.3, -0.25) is 9.59 Å². The number of para-hydroxylation sites is 1. The first-order valence-corrected chi connectivity index (χ1v) is 7.23. The smallest absolute Gasteiger partial charge is 0.266 e. The third-order valence-electron chi connectivity index (χ3n) is 3.98. The number of phenolic OH excluding ortho intramolecular Hbond substituents is 1. The number of rotatable bonds is 2. The molecule has 1 aliphatic heterocycles. The molecule has 0 unspecified atom stereocenters. The number of hydrogen-bond acceptors (Lipinski definition) is 3. The number of aryl methyl sites for hydroxylation is 1. The van der Waals surface area contributed by atoms with Crippen molar-refractivity contribution in [3.05, 3.63) is 58.7 Å². The molecule has 0 atom stereocenters. The van der Waals surface area contributed by atoms with E-state index < -0.39 is 0 Å². The fourth-order valence-corrected chi connectivity index (χ4v) is 2.88. The minimum Gasteiger partial charge on any atom is -0.508 e. The van der Waals surface area contributed by atoms with Gasteiger partial charge in [0.1, 0.15) is 5.75 Å². The van der Waals surface area contributed by atoms with Gasteiger partial charge in [-0.1, -0.05) is 32.0 Å². The second-order valence-corrected chi connectivity index (χ2v) is 5.84. The van der Waals surface area contributed by atoms with Crippen LogP contribution >= 0.6 is 0 Å². The van der Waals surface area contributed by atoms with Crippen LogP contribution in [-0.4, -0.2) is 16.9 Å². The first kappa shape index (κ1) is 14.3. The summed E-state index contributed by atoms with van der Waals surface area (Å²) in [4.78, 5) is 26.6. The summed E-state index contributed by atoms with van der Waals surface area (Å²) in [5.74, 6) is -0.550. The number of amides is 2. The predicted octanol–water partition coefficient (Wildman–Crippen LogP) is 3.62. The second-order valence-electron chi connectivity index (χ2n) is 5.84. The van der Waals surface area contributed by atoms with Gasteiger partial charge in [-0.15, -0.1) is 0 Å². The van der Waals surface area contributed by atoms with E-state index in [0.29, 0.717) is 11.3 Å². The number of anilines is 1. The Labute approximate surface area is 129 Å². The molecule has 1 N–H and O–H groups in total. The minimum atomic E-state index is -0.382. The Morgan fingerprint density at radius 3 is 2.36 bits per heavy atom. The van der Waals surface area contributed by atoms with Crippen LogP contribution in [0.4, 0.5) is 5.69 Å². The number of fused-ring (bicyclic) bond motifs is 1. The molecule has 4 heteroatoms. The van der Waals surface area contributed by atoms with Crippen LogP contribution in [0.25, 0.3) is 0 Å². The zero-order valence-electron chi connectivity index (χ0n) is 12.8. The topological polar surface area (TPSA) is 57.6 Å². The average Bonchev–Trinajstić information content (AvgIpc) is 2.70. The Bertz CT molecular complexity index is 793. The van der Waals surface area contributed by atoms with Crippen LogP contribution in [0.2, 0.25) is 0 Å². The fourth-order valence-electron chi connectivity index (χ4n) is 2.88. The third kappa shape index (κ3) is 1.99. The normalized spacial score (nSPS) is 13.9. The molecule has 0 spiro atoms. The fraction of sp³-hybridized carbons (Fsp3) is 0.222. The van der Waals surface area contributed by atoms with E-state index in [1.165, 1.54) is 23.1 Å². The Kier molecular flexibility index (Phi) is 3.24. The van der Waals surface area contributed by atoms with Gasteiger partial charge in [0.05, 0.1) is 16.8 Å². The summed E-state index contributed by atoms with van der Waals surface area (Å²) in [5, 5.41) is 9.57. The summed E-state index contributed by atoms with van der Waals surface area (Å²) in [6.07, 6.45) is 0. The molecule has 4 nitrogen and oxygen atoms in total. The second kappa shape index (κ2) is 4.98. The van der Waals surface area contributed by atoms with Crippen molar-refractivity contribution in [2.24, 2.45) is 0 Å². The van der Waals surface area contributed by atoms with E-state index >= 15 is 0 Å². The number of carbonyl (C=O) groups is 2. The Morgan fingerprint density at radius 2 is 1.68 bits per heavy atom. The quantitative estimate of drug-likeness (QED) is 0.861. The maximum Gasteiger partial charge on any atom is 0.266 e. The van der Waals surface area contributed by atoms with Gasteiger partial charge in [0.2, 0.25) is 0 Å². The highest BCUT2D eigenvalue weighted by Crippen LogP contribution is 2.37. The molecule has 1 heterocycles. The van der Waals surface area contributed by atoms with E-state index in [2.05, 4.69) is 0 Å². The molecule has 2 amide bonds. The van der Waals surface area contributed by atoms with Gasteiger partial charge in [-0.2, -0.15) is 0 Å². The summed E-state index contributed by atoms with van der Waals surface area (Å²) in [5.41, 5.74) is 3.08. The van der Waals surface area contributed by atoms with Gasteiger partial charge in [-0.25, -0.2) is 4.90 Å². The SMILES string of the molecule is Cc1cccc(C(C)C)c1N1C(=O)c2ccc(O)cc2C1=O. The van der Waals surface area contributed by atoms with Crippen molar-refractivity contribution in [2.75, 3.05) is 4.90 Å². The standard InChI is InChI=1S/C18H17NO3/c1-10(2)13-6-4-5-11(3)16(13)19-17(21)14-8-7-12(20)9-15(14)18(19)22/h4-10,20H,1-3H3. The van der Waals surface area contributed by atoms with Gasteiger partial charge >= 0.3 is 0 Å². The van der Waals surface area contributed by atoms with Crippen molar-refractivity contribution in [1.29, 1.82) is 0 Å². The van der Waals surface area contributed by atoms with Gasteiger partial charge in [-0.05, 0) is 42.2 Å². The number of hydrogen-bond donors (Lipinski definition) is 1. The Balaban J connectivity index is 2.20.